The normalized spacial score (nSPS) is 14.9. The van der Waals surface area contributed by atoms with Gasteiger partial charge < -0.3 is 16.0 Å². The molecule has 2 rings (SSSR count). The van der Waals surface area contributed by atoms with Crippen LogP contribution in [0, 0.1) is 0 Å². The molecular formula is C10H16N6O2. The Labute approximate surface area is 104 Å². The van der Waals surface area contributed by atoms with Gasteiger partial charge in [0.05, 0.1) is 12.2 Å². The van der Waals surface area contributed by atoms with Crippen LogP contribution in [-0.2, 0) is 4.79 Å². The van der Waals surface area contributed by atoms with Gasteiger partial charge in [0.15, 0.2) is 5.69 Å². The summed E-state index contributed by atoms with van der Waals surface area (Å²) in [7, 11) is 0. The number of rotatable bonds is 5. The summed E-state index contributed by atoms with van der Waals surface area (Å²) < 4.78 is 1.69. The third-order valence-electron chi connectivity index (χ3n) is 2.66. The van der Waals surface area contributed by atoms with Crippen LogP contribution in [0.3, 0.4) is 0 Å². The Hall–Kier alpha value is -1.96. The van der Waals surface area contributed by atoms with E-state index in [-0.39, 0.29) is 11.8 Å². The highest BCUT2D eigenvalue weighted by molar-refractivity contribution is 5.91. The molecular weight excluding hydrogens is 236 g/mol. The summed E-state index contributed by atoms with van der Waals surface area (Å²) in [6.45, 7) is 3.91. The summed E-state index contributed by atoms with van der Waals surface area (Å²) in [5.74, 6) is -0.397. The molecule has 0 unspecified atom stereocenters. The van der Waals surface area contributed by atoms with Gasteiger partial charge in [-0.3, -0.25) is 9.59 Å². The zero-order valence-corrected chi connectivity index (χ0v) is 10.1. The average molecular weight is 252 g/mol. The fourth-order valence-electron chi connectivity index (χ4n) is 1.52. The van der Waals surface area contributed by atoms with Gasteiger partial charge in [-0.05, 0) is 0 Å². The standard InChI is InChI=1S/C10H16N6O2/c1-7(17)12-2-3-13-10(18)9-6-16(15-14-9)8-4-11-5-8/h6,8,11H,2-5H2,1H3,(H,12,17)(H,13,18). The maximum Gasteiger partial charge on any atom is 0.273 e. The van der Waals surface area contributed by atoms with Crippen molar-refractivity contribution in [3.8, 4) is 0 Å². The number of carbonyl (C=O) groups excluding carboxylic acids is 2. The van der Waals surface area contributed by atoms with Gasteiger partial charge in [-0.2, -0.15) is 0 Å². The second-order valence-corrected chi connectivity index (χ2v) is 4.13. The highest BCUT2D eigenvalue weighted by atomic mass is 16.2. The summed E-state index contributed by atoms with van der Waals surface area (Å²) in [6, 6.07) is 0.290. The second kappa shape index (κ2) is 5.58. The predicted octanol–water partition coefficient (Wildman–Crippen LogP) is -1.71. The first-order valence-corrected chi connectivity index (χ1v) is 5.82. The molecule has 0 saturated carbocycles. The van der Waals surface area contributed by atoms with Crippen LogP contribution in [-0.4, -0.2) is 53.0 Å². The molecule has 1 aliphatic rings. The molecule has 98 valence electrons. The van der Waals surface area contributed by atoms with E-state index in [4.69, 9.17) is 0 Å². The first kappa shape index (κ1) is 12.5. The summed E-state index contributed by atoms with van der Waals surface area (Å²) in [5, 5.41) is 16.1. The van der Waals surface area contributed by atoms with E-state index in [2.05, 4.69) is 26.3 Å². The van der Waals surface area contributed by atoms with Crippen molar-refractivity contribution in [2.75, 3.05) is 26.2 Å². The van der Waals surface area contributed by atoms with Crippen molar-refractivity contribution in [3.05, 3.63) is 11.9 Å². The molecule has 0 atom stereocenters. The Bertz CT molecular complexity index is 439. The van der Waals surface area contributed by atoms with E-state index < -0.39 is 0 Å². The Kier molecular flexibility index (Phi) is 3.88. The van der Waals surface area contributed by atoms with Gasteiger partial charge in [-0.25, -0.2) is 4.68 Å². The van der Waals surface area contributed by atoms with Crippen LogP contribution in [0.4, 0.5) is 0 Å². The first-order valence-electron chi connectivity index (χ1n) is 5.82. The highest BCUT2D eigenvalue weighted by Gasteiger charge is 2.21. The minimum atomic E-state index is -0.279. The molecule has 1 fully saturated rings. The molecule has 8 heteroatoms. The van der Waals surface area contributed by atoms with E-state index >= 15 is 0 Å². The number of carbonyl (C=O) groups is 2. The Balaban J connectivity index is 1.77. The van der Waals surface area contributed by atoms with E-state index in [0.29, 0.717) is 24.8 Å². The SMILES string of the molecule is CC(=O)NCCNC(=O)c1cn(C2CNC2)nn1. The quantitative estimate of drug-likeness (QED) is 0.542. The zero-order valence-electron chi connectivity index (χ0n) is 10.1. The van der Waals surface area contributed by atoms with E-state index in [1.54, 1.807) is 10.9 Å². The number of nitrogens with one attached hydrogen (secondary N) is 3. The lowest BCUT2D eigenvalue weighted by molar-refractivity contribution is -0.118. The molecule has 3 N–H and O–H groups in total. The molecule has 2 amide bonds. The Morgan fingerprint density at radius 3 is 2.78 bits per heavy atom. The van der Waals surface area contributed by atoms with Crippen molar-refractivity contribution >= 4 is 11.8 Å². The summed E-state index contributed by atoms with van der Waals surface area (Å²) in [4.78, 5) is 22.3. The molecule has 0 aromatic carbocycles. The van der Waals surface area contributed by atoms with Gasteiger partial charge in [0.1, 0.15) is 0 Å². The van der Waals surface area contributed by atoms with Gasteiger partial charge in [-0.15, -0.1) is 5.10 Å². The van der Waals surface area contributed by atoms with Crippen LogP contribution in [0.15, 0.2) is 6.20 Å². The number of nitrogens with zero attached hydrogens (tertiary/aromatic N) is 3. The third-order valence-corrected chi connectivity index (χ3v) is 2.66. The molecule has 0 radical (unpaired) electrons. The van der Waals surface area contributed by atoms with Crippen molar-refractivity contribution in [2.45, 2.75) is 13.0 Å². The molecule has 1 saturated heterocycles. The van der Waals surface area contributed by atoms with Crippen LogP contribution < -0.4 is 16.0 Å². The lowest BCUT2D eigenvalue weighted by atomic mass is 10.2. The number of aromatic nitrogens is 3. The zero-order chi connectivity index (χ0) is 13.0. The number of amides is 2. The molecule has 0 bridgehead atoms. The predicted molar refractivity (Wildman–Crippen MR) is 62.9 cm³/mol. The molecule has 0 aliphatic carbocycles. The largest absolute Gasteiger partial charge is 0.355 e. The van der Waals surface area contributed by atoms with Crippen molar-refractivity contribution in [1.29, 1.82) is 0 Å². The number of hydrogen-bond donors (Lipinski definition) is 3. The van der Waals surface area contributed by atoms with Gasteiger partial charge in [-0.1, -0.05) is 5.21 Å². The van der Waals surface area contributed by atoms with E-state index in [0.717, 1.165) is 13.1 Å². The lowest BCUT2D eigenvalue weighted by Crippen LogP contribution is -2.43. The van der Waals surface area contributed by atoms with Crippen molar-refractivity contribution in [3.63, 3.8) is 0 Å². The molecule has 1 aliphatic heterocycles. The smallest absolute Gasteiger partial charge is 0.273 e. The Morgan fingerprint density at radius 1 is 1.44 bits per heavy atom. The summed E-state index contributed by atoms with van der Waals surface area (Å²) in [6.07, 6.45) is 1.64. The van der Waals surface area contributed by atoms with E-state index in [1.165, 1.54) is 6.92 Å². The van der Waals surface area contributed by atoms with Crippen molar-refractivity contribution in [2.24, 2.45) is 0 Å². The van der Waals surface area contributed by atoms with Crippen LogP contribution in [0.2, 0.25) is 0 Å². The molecule has 2 heterocycles. The van der Waals surface area contributed by atoms with E-state index in [1.807, 2.05) is 0 Å². The molecule has 18 heavy (non-hydrogen) atoms. The maximum absolute atomic E-state index is 11.7. The van der Waals surface area contributed by atoms with Gasteiger partial charge >= 0.3 is 0 Å². The minimum Gasteiger partial charge on any atom is -0.355 e. The van der Waals surface area contributed by atoms with Crippen LogP contribution >= 0.6 is 0 Å². The topological polar surface area (TPSA) is 101 Å². The van der Waals surface area contributed by atoms with Gasteiger partial charge in [0.2, 0.25) is 5.91 Å². The molecule has 0 spiro atoms. The van der Waals surface area contributed by atoms with Crippen molar-refractivity contribution < 1.29 is 9.59 Å². The summed E-state index contributed by atoms with van der Waals surface area (Å²) >= 11 is 0. The lowest BCUT2D eigenvalue weighted by Gasteiger charge is -2.26. The van der Waals surface area contributed by atoms with Gasteiger partial charge in [0, 0.05) is 33.1 Å². The third kappa shape index (κ3) is 3.04. The minimum absolute atomic E-state index is 0.118. The van der Waals surface area contributed by atoms with Crippen LogP contribution in [0.25, 0.3) is 0 Å². The highest BCUT2D eigenvalue weighted by Crippen LogP contribution is 2.09. The van der Waals surface area contributed by atoms with Crippen molar-refractivity contribution in [1.82, 2.24) is 30.9 Å². The summed E-state index contributed by atoms with van der Waals surface area (Å²) in [5.41, 5.74) is 0.296. The second-order valence-electron chi connectivity index (χ2n) is 4.13. The molecule has 1 aromatic rings. The first-order chi connectivity index (χ1) is 8.66. The average Bonchev–Trinajstić information content (AvgIpc) is 2.70. The fraction of sp³-hybridized carbons (Fsp3) is 0.600. The maximum atomic E-state index is 11.7. The number of hydrogen-bond acceptors (Lipinski definition) is 5. The van der Waals surface area contributed by atoms with E-state index in [9.17, 15) is 9.59 Å². The fourth-order valence-corrected chi connectivity index (χ4v) is 1.52. The molecule has 1 aromatic heterocycles. The monoisotopic (exact) mass is 252 g/mol. The molecule has 8 nitrogen and oxygen atoms in total. The van der Waals surface area contributed by atoms with Crippen LogP contribution in [0.1, 0.15) is 23.5 Å². The van der Waals surface area contributed by atoms with Crippen LogP contribution in [0.5, 0.6) is 0 Å². The van der Waals surface area contributed by atoms with Gasteiger partial charge in [0.25, 0.3) is 5.91 Å². The Morgan fingerprint density at radius 2 is 2.17 bits per heavy atom.